The first-order valence-corrected chi connectivity index (χ1v) is 6.18. The number of aromatic amines is 1. The SMILES string of the molecule is O=C(Nc1nc2ccc(F)cc2[nH]1)C1CCCC1. The van der Waals surface area contributed by atoms with Gasteiger partial charge in [0.05, 0.1) is 11.0 Å². The molecule has 0 atom stereocenters. The Labute approximate surface area is 104 Å². The fourth-order valence-corrected chi connectivity index (χ4v) is 2.45. The molecule has 0 radical (unpaired) electrons. The molecule has 1 saturated carbocycles. The first-order valence-electron chi connectivity index (χ1n) is 6.18. The van der Waals surface area contributed by atoms with Crippen LogP contribution >= 0.6 is 0 Å². The van der Waals surface area contributed by atoms with Crippen LogP contribution in [0.4, 0.5) is 10.3 Å². The quantitative estimate of drug-likeness (QED) is 0.857. The summed E-state index contributed by atoms with van der Waals surface area (Å²) in [6.07, 6.45) is 4.12. The molecule has 5 heteroatoms. The van der Waals surface area contributed by atoms with Crippen LogP contribution in [-0.4, -0.2) is 15.9 Å². The van der Waals surface area contributed by atoms with E-state index in [-0.39, 0.29) is 17.6 Å². The molecule has 18 heavy (non-hydrogen) atoms. The van der Waals surface area contributed by atoms with Crippen molar-refractivity contribution in [2.75, 3.05) is 5.32 Å². The van der Waals surface area contributed by atoms with E-state index in [9.17, 15) is 9.18 Å². The summed E-state index contributed by atoms with van der Waals surface area (Å²) < 4.78 is 13.0. The van der Waals surface area contributed by atoms with Gasteiger partial charge in [0.15, 0.2) is 0 Å². The van der Waals surface area contributed by atoms with Gasteiger partial charge in [-0.2, -0.15) is 0 Å². The zero-order valence-corrected chi connectivity index (χ0v) is 9.87. The van der Waals surface area contributed by atoms with E-state index in [1.54, 1.807) is 6.07 Å². The molecule has 3 rings (SSSR count). The highest BCUT2D eigenvalue weighted by Crippen LogP contribution is 2.26. The molecule has 1 fully saturated rings. The van der Waals surface area contributed by atoms with E-state index in [0.717, 1.165) is 25.7 Å². The van der Waals surface area contributed by atoms with Crippen molar-refractivity contribution in [2.45, 2.75) is 25.7 Å². The van der Waals surface area contributed by atoms with Gasteiger partial charge in [0.2, 0.25) is 11.9 Å². The average molecular weight is 247 g/mol. The maximum absolute atomic E-state index is 13.0. The van der Waals surface area contributed by atoms with E-state index in [0.29, 0.717) is 17.0 Å². The second-order valence-corrected chi connectivity index (χ2v) is 4.72. The summed E-state index contributed by atoms with van der Waals surface area (Å²) in [5.74, 6) is 0.175. The molecule has 2 aromatic rings. The third kappa shape index (κ3) is 2.08. The Morgan fingerprint density at radius 3 is 2.94 bits per heavy atom. The van der Waals surface area contributed by atoms with E-state index < -0.39 is 0 Å². The van der Waals surface area contributed by atoms with E-state index in [2.05, 4.69) is 15.3 Å². The van der Waals surface area contributed by atoms with Gasteiger partial charge in [-0.3, -0.25) is 10.1 Å². The van der Waals surface area contributed by atoms with Crippen molar-refractivity contribution < 1.29 is 9.18 Å². The fourth-order valence-electron chi connectivity index (χ4n) is 2.45. The number of H-pyrrole nitrogens is 1. The van der Waals surface area contributed by atoms with Crippen LogP contribution in [0.2, 0.25) is 0 Å². The van der Waals surface area contributed by atoms with Gasteiger partial charge >= 0.3 is 0 Å². The Kier molecular flexibility index (Phi) is 2.74. The number of halogens is 1. The predicted octanol–water partition coefficient (Wildman–Crippen LogP) is 2.83. The lowest BCUT2D eigenvalue weighted by atomic mass is 10.1. The summed E-state index contributed by atoms with van der Waals surface area (Å²) in [6, 6.07) is 4.31. The number of amides is 1. The van der Waals surface area contributed by atoms with Crippen molar-refractivity contribution in [1.29, 1.82) is 0 Å². The average Bonchev–Trinajstić information content (AvgIpc) is 2.95. The number of benzene rings is 1. The van der Waals surface area contributed by atoms with Crippen LogP contribution in [0.25, 0.3) is 11.0 Å². The minimum atomic E-state index is -0.320. The lowest BCUT2D eigenvalue weighted by molar-refractivity contribution is -0.119. The molecule has 1 amide bonds. The van der Waals surface area contributed by atoms with Crippen LogP contribution in [0.15, 0.2) is 18.2 Å². The summed E-state index contributed by atoms with van der Waals surface area (Å²) in [7, 11) is 0. The van der Waals surface area contributed by atoms with Gasteiger partial charge in [-0.1, -0.05) is 12.8 Å². The van der Waals surface area contributed by atoms with Crippen molar-refractivity contribution in [2.24, 2.45) is 5.92 Å². The van der Waals surface area contributed by atoms with Gasteiger partial charge in [-0.05, 0) is 31.0 Å². The molecular formula is C13H14FN3O. The van der Waals surface area contributed by atoms with Gasteiger partial charge in [0.1, 0.15) is 5.82 Å². The number of fused-ring (bicyclic) bond motifs is 1. The van der Waals surface area contributed by atoms with E-state index in [1.807, 2.05) is 0 Å². The molecule has 94 valence electrons. The molecular weight excluding hydrogens is 233 g/mol. The van der Waals surface area contributed by atoms with Crippen molar-refractivity contribution in [3.63, 3.8) is 0 Å². The topological polar surface area (TPSA) is 57.8 Å². The third-order valence-electron chi connectivity index (χ3n) is 3.41. The molecule has 1 aliphatic rings. The van der Waals surface area contributed by atoms with Crippen LogP contribution in [0.1, 0.15) is 25.7 Å². The molecule has 1 heterocycles. The third-order valence-corrected chi connectivity index (χ3v) is 3.41. The number of hydrogen-bond acceptors (Lipinski definition) is 2. The number of nitrogens with one attached hydrogen (secondary N) is 2. The van der Waals surface area contributed by atoms with Gasteiger partial charge in [-0.25, -0.2) is 9.37 Å². The number of carbonyl (C=O) groups is 1. The normalized spacial score (nSPS) is 16.3. The van der Waals surface area contributed by atoms with Gasteiger partial charge in [-0.15, -0.1) is 0 Å². The minimum Gasteiger partial charge on any atom is -0.324 e. The Bertz CT molecular complexity index is 587. The Morgan fingerprint density at radius 2 is 2.17 bits per heavy atom. The van der Waals surface area contributed by atoms with Crippen LogP contribution in [0.5, 0.6) is 0 Å². The minimum absolute atomic E-state index is 0.00651. The maximum Gasteiger partial charge on any atom is 0.229 e. The Hall–Kier alpha value is -1.91. The van der Waals surface area contributed by atoms with Crippen molar-refractivity contribution in [3.05, 3.63) is 24.0 Å². The first kappa shape index (κ1) is 11.2. The molecule has 0 spiro atoms. The number of nitrogens with zero attached hydrogens (tertiary/aromatic N) is 1. The summed E-state index contributed by atoms with van der Waals surface area (Å²) in [5, 5.41) is 2.76. The van der Waals surface area contributed by atoms with Crippen molar-refractivity contribution in [1.82, 2.24) is 9.97 Å². The zero-order chi connectivity index (χ0) is 12.5. The number of hydrogen-bond donors (Lipinski definition) is 2. The molecule has 0 unspecified atom stereocenters. The molecule has 4 nitrogen and oxygen atoms in total. The van der Waals surface area contributed by atoms with Crippen LogP contribution < -0.4 is 5.32 Å². The second kappa shape index (κ2) is 4.40. The lowest BCUT2D eigenvalue weighted by Crippen LogP contribution is -2.20. The molecule has 2 N–H and O–H groups in total. The molecule has 0 aliphatic heterocycles. The summed E-state index contributed by atoms with van der Waals surface area (Å²) in [5.41, 5.74) is 1.25. The molecule has 1 aliphatic carbocycles. The van der Waals surface area contributed by atoms with Gasteiger partial charge in [0, 0.05) is 5.92 Å². The highest BCUT2D eigenvalue weighted by Gasteiger charge is 2.23. The monoisotopic (exact) mass is 247 g/mol. The first-order chi connectivity index (χ1) is 8.72. The number of imidazole rings is 1. The van der Waals surface area contributed by atoms with Crippen LogP contribution in [0.3, 0.4) is 0 Å². The van der Waals surface area contributed by atoms with Gasteiger partial charge in [0.25, 0.3) is 0 Å². The summed E-state index contributed by atoms with van der Waals surface area (Å²) in [6.45, 7) is 0. The number of anilines is 1. The largest absolute Gasteiger partial charge is 0.324 e. The Balaban J connectivity index is 1.79. The van der Waals surface area contributed by atoms with Crippen molar-refractivity contribution in [3.8, 4) is 0 Å². The fraction of sp³-hybridized carbons (Fsp3) is 0.385. The van der Waals surface area contributed by atoms with Crippen LogP contribution in [0, 0.1) is 11.7 Å². The zero-order valence-electron chi connectivity index (χ0n) is 9.87. The van der Waals surface area contributed by atoms with E-state index >= 15 is 0 Å². The Morgan fingerprint density at radius 1 is 1.39 bits per heavy atom. The summed E-state index contributed by atoms with van der Waals surface area (Å²) >= 11 is 0. The maximum atomic E-state index is 13.0. The molecule has 0 bridgehead atoms. The molecule has 1 aromatic heterocycles. The van der Waals surface area contributed by atoms with Crippen molar-refractivity contribution >= 4 is 22.9 Å². The number of rotatable bonds is 2. The second-order valence-electron chi connectivity index (χ2n) is 4.72. The van der Waals surface area contributed by atoms with Crippen LogP contribution in [-0.2, 0) is 4.79 Å². The van der Waals surface area contributed by atoms with Gasteiger partial charge < -0.3 is 4.98 Å². The highest BCUT2D eigenvalue weighted by molar-refractivity contribution is 5.92. The predicted molar refractivity (Wildman–Crippen MR) is 66.6 cm³/mol. The molecule has 1 aromatic carbocycles. The number of aromatic nitrogens is 2. The summed E-state index contributed by atoms with van der Waals surface area (Å²) in [4.78, 5) is 19.0. The standard InChI is InChI=1S/C13H14FN3O/c14-9-5-6-10-11(7-9)16-13(15-10)17-12(18)8-3-1-2-4-8/h5-8H,1-4H2,(H2,15,16,17,18). The van der Waals surface area contributed by atoms with E-state index in [4.69, 9.17) is 0 Å². The lowest BCUT2D eigenvalue weighted by Gasteiger charge is -2.07. The smallest absolute Gasteiger partial charge is 0.229 e. The number of carbonyl (C=O) groups excluding carboxylic acids is 1. The molecule has 0 saturated heterocycles. The highest BCUT2D eigenvalue weighted by atomic mass is 19.1. The van der Waals surface area contributed by atoms with E-state index in [1.165, 1.54) is 12.1 Å².